The summed E-state index contributed by atoms with van der Waals surface area (Å²) >= 11 is 6.12. The standard InChI is InChI=1S/C11H14ClFN2O/c1-7-6-8(13)11(16)10(9(7)12)15-4-2-14-3-5-15/h6,14,16H,2-5H2,1H3. The second kappa shape index (κ2) is 4.47. The Kier molecular flexibility index (Phi) is 3.21. The molecule has 0 saturated carbocycles. The first-order chi connectivity index (χ1) is 7.61. The Morgan fingerprint density at radius 2 is 2.06 bits per heavy atom. The van der Waals surface area contributed by atoms with E-state index in [0.29, 0.717) is 16.3 Å². The molecule has 0 radical (unpaired) electrons. The third-order valence-corrected chi connectivity index (χ3v) is 3.26. The van der Waals surface area contributed by atoms with E-state index in [-0.39, 0.29) is 5.75 Å². The number of nitrogens with zero attached hydrogens (tertiary/aromatic N) is 1. The van der Waals surface area contributed by atoms with Gasteiger partial charge in [0.15, 0.2) is 11.6 Å². The summed E-state index contributed by atoms with van der Waals surface area (Å²) in [6, 6.07) is 1.25. The number of nitrogens with one attached hydrogen (secondary N) is 1. The Hall–Kier alpha value is -1.00. The highest BCUT2D eigenvalue weighted by Gasteiger charge is 2.21. The molecule has 1 aromatic carbocycles. The van der Waals surface area contributed by atoms with Gasteiger partial charge < -0.3 is 15.3 Å². The summed E-state index contributed by atoms with van der Waals surface area (Å²) in [7, 11) is 0. The van der Waals surface area contributed by atoms with Crippen LogP contribution in [-0.4, -0.2) is 31.3 Å². The molecule has 0 unspecified atom stereocenters. The molecule has 5 heteroatoms. The number of piperazine rings is 1. The fraction of sp³-hybridized carbons (Fsp3) is 0.455. The molecule has 88 valence electrons. The average molecular weight is 245 g/mol. The lowest BCUT2D eigenvalue weighted by Crippen LogP contribution is -2.43. The minimum atomic E-state index is -0.615. The van der Waals surface area contributed by atoms with Crippen molar-refractivity contribution in [1.29, 1.82) is 0 Å². The Morgan fingerprint density at radius 3 is 2.69 bits per heavy atom. The van der Waals surface area contributed by atoms with Crippen LogP contribution in [0.4, 0.5) is 10.1 Å². The quantitative estimate of drug-likeness (QED) is 0.792. The van der Waals surface area contributed by atoms with Crippen molar-refractivity contribution in [2.24, 2.45) is 0 Å². The van der Waals surface area contributed by atoms with Crippen LogP contribution in [0.3, 0.4) is 0 Å². The molecule has 1 fully saturated rings. The molecule has 1 aromatic rings. The first kappa shape index (κ1) is 11.5. The summed E-state index contributed by atoms with van der Waals surface area (Å²) in [5.74, 6) is -0.965. The molecule has 0 spiro atoms. The summed E-state index contributed by atoms with van der Waals surface area (Å²) in [6.45, 7) is 4.79. The number of aromatic hydroxyl groups is 1. The average Bonchev–Trinajstić information content (AvgIpc) is 2.28. The van der Waals surface area contributed by atoms with Crippen LogP contribution in [0.1, 0.15) is 5.56 Å². The van der Waals surface area contributed by atoms with Crippen LogP contribution in [-0.2, 0) is 0 Å². The van der Waals surface area contributed by atoms with Gasteiger partial charge in [-0.1, -0.05) is 11.6 Å². The van der Waals surface area contributed by atoms with E-state index in [4.69, 9.17) is 11.6 Å². The lowest BCUT2D eigenvalue weighted by atomic mass is 10.1. The zero-order valence-electron chi connectivity index (χ0n) is 9.06. The molecule has 1 aliphatic rings. The number of benzene rings is 1. The van der Waals surface area contributed by atoms with Gasteiger partial charge in [-0.15, -0.1) is 0 Å². The van der Waals surface area contributed by atoms with Crippen molar-refractivity contribution in [2.45, 2.75) is 6.92 Å². The molecular formula is C11H14ClFN2O. The summed E-state index contributed by atoms with van der Waals surface area (Å²) in [4.78, 5) is 1.91. The number of phenolic OH excluding ortho intramolecular Hbond substituents is 1. The maximum absolute atomic E-state index is 13.4. The maximum Gasteiger partial charge on any atom is 0.176 e. The molecule has 1 saturated heterocycles. The van der Waals surface area contributed by atoms with E-state index in [0.717, 1.165) is 26.2 Å². The number of phenols is 1. The topological polar surface area (TPSA) is 35.5 Å². The lowest BCUT2D eigenvalue weighted by Gasteiger charge is -2.31. The predicted octanol–water partition coefficient (Wildman–Crippen LogP) is 1.90. The van der Waals surface area contributed by atoms with Crippen LogP contribution in [0, 0.1) is 12.7 Å². The van der Waals surface area contributed by atoms with Gasteiger partial charge in [0, 0.05) is 26.2 Å². The molecule has 0 aliphatic carbocycles. The minimum absolute atomic E-state index is 0.350. The van der Waals surface area contributed by atoms with Gasteiger partial charge in [-0.05, 0) is 18.6 Å². The van der Waals surface area contributed by atoms with Crippen LogP contribution in [0.2, 0.25) is 5.02 Å². The zero-order chi connectivity index (χ0) is 11.7. The number of rotatable bonds is 1. The summed E-state index contributed by atoms with van der Waals surface area (Å²) in [5, 5.41) is 13.4. The Morgan fingerprint density at radius 1 is 1.44 bits per heavy atom. The lowest BCUT2D eigenvalue weighted by molar-refractivity contribution is 0.429. The van der Waals surface area contributed by atoms with E-state index in [2.05, 4.69) is 5.32 Å². The fourth-order valence-corrected chi connectivity index (χ4v) is 2.17. The molecule has 0 amide bonds. The van der Waals surface area contributed by atoms with E-state index in [1.54, 1.807) is 6.92 Å². The number of hydrogen-bond acceptors (Lipinski definition) is 3. The third kappa shape index (κ3) is 1.95. The van der Waals surface area contributed by atoms with Gasteiger partial charge in [-0.25, -0.2) is 4.39 Å². The predicted molar refractivity (Wildman–Crippen MR) is 62.9 cm³/mol. The molecule has 1 aliphatic heterocycles. The molecule has 0 atom stereocenters. The number of anilines is 1. The fourth-order valence-electron chi connectivity index (χ4n) is 1.90. The van der Waals surface area contributed by atoms with Crippen molar-refractivity contribution >= 4 is 17.3 Å². The Labute approximate surface area is 98.8 Å². The Balaban J connectivity index is 2.45. The van der Waals surface area contributed by atoms with Crippen molar-refractivity contribution in [3.05, 3.63) is 22.5 Å². The van der Waals surface area contributed by atoms with E-state index in [1.807, 2.05) is 4.90 Å². The normalized spacial score (nSPS) is 16.6. The second-order valence-electron chi connectivity index (χ2n) is 3.92. The van der Waals surface area contributed by atoms with Gasteiger partial charge in [-0.3, -0.25) is 0 Å². The summed E-state index contributed by atoms with van der Waals surface area (Å²) in [6.07, 6.45) is 0. The van der Waals surface area contributed by atoms with Crippen molar-refractivity contribution in [3.8, 4) is 5.75 Å². The molecule has 16 heavy (non-hydrogen) atoms. The molecule has 2 N–H and O–H groups in total. The van der Waals surface area contributed by atoms with Crippen LogP contribution >= 0.6 is 11.6 Å². The Bertz CT molecular complexity index is 379. The van der Waals surface area contributed by atoms with Gasteiger partial charge in [0.05, 0.1) is 5.02 Å². The first-order valence-electron chi connectivity index (χ1n) is 5.24. The van der Waals surface area contributed by atoms with Gasteiger partial charge >= 0.3 is 0 Å². The highest BCUT2D eigenvalue weighted by Crippen LogP contribution is 2.39. The molecule has 3 nitrogen and oxygen atoms in total. The number of halogens is 2. The summed E-state index contributed by atoms with van der Waals surface area (Å²) < 4.78 is 13.4. The number of hydrogen-bond donors (Lipinski definition) is 2. The number of aryl methyl sites for hydroxylation is 1. The molecular weight excluding hydrogens is 231 g/mol. The van der Waals surface area contributed by atoms with Crippen LogP contribution in [0.25, 0.3) is 0 Å². The van der Waals surface area contributed by atoms with E-state index >= 15 is 0 Å². The molecule has 2 rings (SSSR count). The maximum atomic E-state index is 13.4. The highest BCUT2D eigenvalue weighted by molar-refractivity contribution is 6.34. The smallest absolute Gasteiger partial charge is 0.176 e. The monoisotopic (exact) mass is 244 g/mol. The van der Waals surface area contributed by atoms with E-state index in [1.165, 1.54) is 6.07 Å². The van der Waals surface area contributed by atoms with Crippen molar-refractivity contribution in [2.75, 3.05) is 31.1 Å². The van der Waals surface area contributed by atoms with E-state index in [9.17, 15) is 9.50 Å². The SMILES string of the molecule is Cc1cc(F)c(O)c(N2CCNCC2)c1Cl. The van der Waals surface area contributed by atoms with E-state index < -0.39 is 5.82 Å². The molecule has 0 bridgehead atoms. The van der Waals surface area contributed by atoms with Crippen molar-refractivity contribution in [3.63, 3.8) is 0 Å². The van der Waals surface area contributed by atoms with Gasteiger partial charge in [0.2, 0.25) is 0 Å². The molecule has 1 heterocycles. The van der Waals surface area contributed by atoms with Gasteiger partial charge in [0.1, 0.15) is 5.69 Å². The largest absolute Gasteiger partial charge is 0.503 e. The highest BCUT2D eigenvalue weighted by atomic mass is 35.5. The molecule has 0 aromatic heterocycles. The van der Waals surface area contributed by atoms with Crippen LogP contribution < -0.4 is 10.2 Å². The summed E-state index contributed by atoms with van der Waals surface area (Å²) in [5.41, 5.74) is 1.06. The van der Waals surface area contributed by atoms with Crippen molar-refractivity contribution < 1.29 is 9.50 Å². The third-order valence-electron chi connectivity index (χ3n) is 2.78. The van der Waals surface area contributed by atoms with Crippen molar-refractivity contribution in [1.82, 2.24) is 5.32 Å². The first-order valence-corrected chi connectivity index (χ1v) is 5.62. The van der Waals surface area contributed by atoms with Gasteiger partial charge in [-0.2, -0.15) is 0 Å². The van der Waals surface area contributed by atoms with Crippen LogP contribution in [0.5, 0.6) is 5.75 Å². The van der Waals surface area contributed by atoms with Gasteiger partial charge in [0.25, 0.3) is 0 Å². The van der Waals surface area contributed by atoms with Crippen LogP contribution in [0.15, 0.2) is 6.07 Å². The second-order valence-corrected chi connectivity index (χ2v) is 4.30. The minimum Gasteiger partial charge on any atom is -0.503 e. The zero-order valence-corrected chi connectivity index (χ0v) is 9.81.